The highest BCUT2D eigenvalue weighted by Crippen LogP contribution is 2.29. The van der Waals surface area contributed by atoms with E-state index in [4.69, 9.17) is 5.26 Å². The number of amides is 4. The monoisotopic (exact) mass is 481 g/mol. The number of imide groups is 1. The van der Waals surface area contributed by atoms with Crippen molar-refractivity contribution in [3.05, 3.63) is 59.7 Å². The molecule has 0 bridgehead atoms. The average Bonchev–Trinajstić information content (AvgIpc) is 3.44. The van der Waals surface area contributed by atoms with Crippen molar-refractivity contribution in [3.8, 4) is 6.07 Å². The van der Waals surface area contributed by atoms with E-state index in [9.17, 15) is 22.8 Å². The van der Waals surface area contributed by atoms with E-state index in [0.717, 1.165) is 17.7 Å². The van der Waals surface area contributed by atoms with Gasteiger partial charge in [-0.2, -0.15) is 9.57 Å². The first-order chi connectivity index (χ1) is 16.1. The van der Waals surface area contributed by atoms with Crippen molar-refractivity contribution in [2.75, 3.05) is 25.0 Å². The maximum Gasteiger partial charge on any atom is 0.325 e. The number of nitrogens with one attached hydrogen (secondary N) is 2. The summed E-state index contributed by atoms with van der Waals surface area (Å²) in [6.45, 7) is 2.01. The van der Waals surface area contributed by atoms with Crippen LogP contribution in [0.1, 0.15) is 30.9 Å². The number of sulfonamides is 1. The van der Waals surface area contributed by atoms with Crippen LogP contribution >= 0.6 is 0 Å². The van der Waals surface area contributed by atoms with Crippen LogP contribution < -0.4 is 10.6 Å². The summed E-state index contributed by atoms with van der Waals surface area (Å²) in [4.78, 5) is 38.9. The highest BCUT2D eigenvalue weighted by molar-refractivity contribution is 7.89. The fraction of sp³-hybridized carbons (Fsp3) is 0.304. The third kappa shape index (κ3) is 4.25. The third-order valence-corrected chi connectivity index (χ3v) is 7.92. The molecule has 2 saturated heterocycles. The minimum atomic E-state index is -3.56. The summed E-state index contributed by atoms with van der Waals surface area (Å²) in [6, 6.07) is 13.3. The number of benzene rings is 2. The molecule has 4 amide bonds. The van der Waals surface area contributed by atoms with Gasteiger partial charge < -0.3 is 10.6 Å². The summed E-state index contributed by atoms with van der Waals surface area (Å²) >= 11 is 0. The second-order valence-electron chi connectivity index (χ2n) is 8.32. The predicted octanol–water partition coefficient (Wildman–Crippen LogP) is 1.75. The minimum absolute atomic E-state index is 0.139. The number of nitrogens with zero attached hydrogens (tertiary/aromatic N) is 3. The molecule has 10 nitrogen and oxygen atoms in total. The summed E-state index contributed by atoms with van der Waals surface area (Å²) in [5.41, 5.74) is -0.119. The Balaban J connectivity index is 1.42. The number of nitriles is 1. The highest BCUT2D eigenvalue weighted by atomic mass is 32.2. The van der Waals surface area contributed by atoms with Gasteiger partial charge in [0.2, 0.25) is 15.9 Å². The van der Waals surface area contributed by atoms with Gasteiger partial charge in [0.25, 0.3) is 5.91 Å². The summed E-state index contributed by atoms with van der Waals surface area (Å²) in [5, 5.41) is 14.1. The van der Waals surface area contributed by atoms with E-state index in [1.807, 2.05) is 6.07 Å². The van der Waals surface area contributed by atoms with Crippen LogP contribution in [-0.2, 0) is 25.2 Å². The summed E-state index contributed by atoms with van der Waals surface area (Å²) in [7, 11) is -3.56. The largest absolute Gasteiger partial charge is 0.325 e. The number of urea groups is 1. The zero-order chi connectivity index (χ0) is 24.5. The topological polar surface area (TPSA) is 140 Å². The smallest absolute Gasteiger partial charge is 0.325 e. The lowest BCUT2D eigenvalue weighted by Crippen LogP contribution is -2.42. The van der Waals surface area contributed by atoms with Crippen molar-refractivity contribution in [2.45, 2.75) is 30.2 Å². The van der Waals surface area contributed by atoms with E-state index >= 15 is 0 Å². The van der Waals surface area contributed by atoms with Gasteiger partial charge in [-0.05, 0) is 61.7 Å². The lowest BCUT2D eigenvalue weighted by Gasteiger charge is -2.22. The van der Waals surface area contributed by atoms with E-state index < -0.39 is 40.0 Å². The van der Waals surface area contributed by atoms with Crippen LogP contribution in [0.25, 0.3) is 0 Å². The number of rotatable bonds is 6. The first-order valence-corrected chi connectivity index (χ1v) is 12.1. The summed E-state index contributed by atoms with van der Waals surface area (Å²) in [5.74, 6) is -1.20. The van der Waals surface area contributed by atoms with Gasteiger partial charge in [-0.25, -0.2) is 13.2 Å². The maximum absolute atomic E-state index is 13.0. The molecule has 0 saturated carbocycles. The SMILES string of the molecule is CC1(c2ccc(C#N)cc2)NC(=O)N(CC(=O)Nc2ccc(S(=O)(=O)N3CCCC3)cc2)C1=O. The normalized spacial score (nSPS) is 20.8. The molecule has 2 heterocycles. The molecular weight excluding hydrogens is 458 g/mol. The molecule has 176 valence electrons. The van der Waals surface area contributed by atoms with Crippen LogP contribution in [0, 0.1) is 11.3 Å². The maximum atomic E-state index is 13.0. The van der Waals surface area contributed by atoms with Crippen LogP contribution in [0.4, 0.5) is 10.5 Å². The van der Waals surface area contributed by atoms with E-state index in [1.54, 1.807) is 24.3 Å². The fourth-order valence-electron chi connectivity index (χ4n) is 4.05. The van der Waals surface area contributed by atoms with Crippen LogP contribution in [0.5, 0.6) is 0 Å². The van der Waals surface area contributed by atoms with Crippen molar-refractivity contribution < 1.29 is 22.8 Å². The van der Waals surface area contributed by atoms with Crippen molar-refractivity contribution in [3.63, 3.8) is 0 Å². The van der Waals surface area contributed by atoms with Crippen LogP contribution in [0.15, 0.2) is 53.4 Å². The number of hydrogen-bond donors (Lipinski definition) is 2. The molecule has 2 aliphatic heterocycles. The van der Waals surface area contributed by atoms with Gasteiger partial charge in [0.1, 0.15) is 12.1 Å². The number of carbonyl (C=O) groups is 3. The van der Waals surface area contributed by atoms with Gasteiger partial charge >= 0.3 is 6.03 Å². The molecule has 2 aromatic carbocycles. The van der Waals surface area contributed by atoms with E-state index in [0.29, 0.717) is 29.9 Å². The molecule has 1 unspecified atom stereocenters. The van der Waals surface area contributed by atoms with Gasteiger partial charge in [-0.1, -0.05) is 12.1 Å². The van der Waals surface area contributed by atoms with Crippen molar-refractivity contribution >= 4 is 33.6 Å². The molecule has 11 heteroatoms. The van der Waals surface area contributed by atoms with Crippen molar-refractivity contribution in [2.24, 2.45) is 0 Å². The Morgan fingerprint density at radius 2 is 1.71 bits per heavy atom. The number of carbonyl (C=O) groups excluding carboxylic acids is 3. The zero-order valence-electron chi connectivity index (χ0n) is 18.4. The second-order valence-corrected chi connectivity index (χ2v) is 10.3. The van der Waals surface area contributed by atoms with Crippen molar-refractivity contribution in [1.82, 2.24) is 14.5 Å². The van der Waals surface area contributed by atoms with E-state index in [1.165, 1.54) is 35.5 Å². The first-order valence-electron chi connectivity index (χ1n) is 10.7. The lowest BCUT2D eigenvalue weighted by atomic mass is 9.91. The fourth-order valence-corrected chi connectivity index (χ4v) is 5.56. The average molecular weight is 482 g/mol. The Bertz CT molecular complexity index is 1280. The molecule has 0 spiro atoms. The molecule has 0 radical (unpaired) electrons. The molecule has 2 N–H and O–H groups in total. The molecule has 0 aromatic heterocycles. The number of hydrogen-bond acceptors (Lipinski definition) is 6. The Labute approximate surface area is 197 Å². The van der Waals surface area contributed by atoms with Crippen LogP contribution in [0.3, 0.4) is 0 Å². The molecule has 2 aliphatic rings. The Morgan fingerprint density at radius 1 is 1.09 bits per heavy atom. The van der Waals surface area contributed by atoms with E-state index in [2.05, 4.69) is 10.6 Å². The molecule has 0 aliphatic carbocycles. The molecule has 34 heavy (non-hydrogen) atoms. The highest BCUT2D eigenvalue weighted by Gasteiger charge is 2.49. The van der Waals surface area contributed by atoms with Gasteiger partial charge in [0, 0.05) is 18.8 Å². The molecule has 1 atom stereocenters. The zero-order valence-corrected chi connectivity index (χ0v) is 19.3. The Hall–Kier alpha value is -3.75. The Morgan fingerprint density at radius 3 is 2.29 bits per heavy atom. The lowest BCUT2D eigenvalue weighted by molar-refractivity contribution is -0.133. The Kier molecular flexibility index (Phi) is 6.12. The molecular formula is C23H23N5O5S. The third-order valence-electron chi connectivity index (χ3n) is 6.01. The number of anilines is 1. The standard InChI is InChI=1S/C23H23N5O5S/c1-23(17-6-4-16(14-24)5-7-17)21(30)28(22(31)26-23)15-20(29)25-18-8-10-19(11-9-18)34(32,33)27-12-2-3-13-27/h4-11H,2-3,12-13,15H2,1H3,(H,25,29)(H,26,31). The van der Waals surface area contributed by atoms with E-state index in [-0.39, 0.29) is 4.90 Å². The van der Waals surface area contributed by atoms with Gasteiger partial charge in [0.05, 0.1) is 16.5 Å². The first kappa shape index (κ1) is 23.4. The second kappa shape index (κ2) is 8.89. The molecule has 2 fully saturated rings. The summed E-state index contributed by atoms with van der Waals surface area (Å²) in [6.07, 6.45) is 1.67. The van der Waals surface area contributed by atoms with Crippen LogP contribution in [0.2, 0.25) is 0 Å². The van der Waals surface area contributed by atoms with Gasteiger partial charge in [-0.15, -0.1) is 0 Å². The van der Waals surface area contributed by atoms with Gasteiger partial charge in [0.15, 0.2) is 0 Å². The van der Waals surface area contributed by atoms with Gasteiger partial charge in [-0.3, -0.25) is 14.5 Å². The summed E-state index contributed by atoms with van der Waals surface area (Å²) < 4.78 is 26.7. The molecule has 4 rings (SSSR count). The minimum Gasteiger partial charge on any atom is -0.325 e. The van der Waals surface area contributed by atoms with Crippen molar-refractivity contribution in [1.29, 1.82) is 5.26 Å². The predicted molar refractivity (Wildman–Crippen MR) is 122 cm³/mol. The quantitative estimate of drug-likeness (QED) is 0.603. The molecule has 2 aromatic rings. The van der Waals surface area contributed by atoms with Crippen LogP contribution in [-0.4, -0.2) is 55.1 Å².